The van der Waals surface area contributed by atoms with Crippen LogP contribution in [0, 0.1) is 15.9 Å². The van der Waals surface area contributed by atoms with Crippen LogP contribution < -0.4 is 20.6 Å². The first kappa shape index (κ1) is 23.1. The van der Waals surface area contributed by atoms with Gasteiger partial charge in [-0.05, 0) is 62.7 Å². The molecule has 4 rings (SSSR count). The number of hydrazone groups is 1. The molecule has 0 saturated carbocycles. The van der Waals surface area contributed by atoms with Crippen LogP contribution in [0.5, 0.6) is 11.5 Å². The molecule has 0 saturated heterocycles. The first-order valence-corrected chi connectivity index (χ1v) is 10.9. The van der Waals surface area contributed by atoms with Gasteiger partial charge in [0.1, 0.15) is 13.2 Å². The highest BCUT2D eigenvalue weighted by atomic mass is 127. The number of ether oxygens (including phenoxy) is 2. The largest absolute Gasteiger partial charge is 0.493 e. The molecule has 3 N–H and O–H groups in total. The van der Waals surface area contributed by atoms with Crippen LogP contribution >= 0.6 is 22.6 Å². The zero-order valence-electron chi connectivity index (χ0n) is 17.9. The van der Waals surface area contributed by atoms with Crippen molar-refractivity contribution in [1.29, 1.82) is 0 Å². The smallest absolute Gasteiger partial charge is 0.260 e. The highest BCUT2D eigenvalue weighted by Crippen LogP contribution is 2.33. The van der Waals surface area contributed by atoms with E-state index in [1.807, 2.05) is 30.3 Å². The number of imidazole rings is 1. The van der Waals surface area contributed by atoms with Gasteiger partial charge in [0, 0.05) is 0 Å². The van der Waals surface area contributed by atoms with Gasteiger partial charge in [-0.15, -0.1) is 6.42 Å². The van der Waals surface area contributed by atoms with Crippen LogP contribution in [-0.2, 0) is 11.3 Å². The lowest BCUT2D eigenvalue weighted by Gasteiger charge is -2.11. The van der Waals surface area contributed by atoms with Crippen LogP contribution in [0.4, 0.5) is 5.82 Å². The Morgan fingerprint density at radius 3 is 2.94 bits per heavy atom. The third kappa shape index (κ3) is 4.79. The number of nitrogens with one attached hydrogen (secondary N) is 1. The number of nitrogen functional groups attached to an aromatic ring is 1. The number of methoxy groups -OCH3 is 1. The van der Waals surface area contributed by atoms with E-state index < -0.39 is 0 Å². The molecule has 34 heavy (non-hydrogen) atoms. The van der Waals surface area contributed by atoms with Gasteiger partial charge in [-0.1, -0.05) is 18.1 Å². The maximum absolute atomic E-state index is 12.7. The van der Waals surface area contributed by atoms with E-state index in [0.29, 0.717) is 28.4 Å². The molecule has 0 aliphatic heterocycles. The van der Waals surface area contributed by atoms with Gasteiger partial charge in [0.05, 0.1) is 27.9 Å². The molecular formula is C22H18IN7O4. The van der Waals surface area contributed by atoms with Crippen LogP contribution in [-0.4, -0.2) is 45.7 Å². The van der Waals surface area contributed by atoms with Crippen molar-refractivity contribution in [1.82, 2.24) is 25.3 Å². The number of para-hydroxylation sites is 2. The number of anilines is 1. The van der Waals surface area contributed by atoms with Crippen LogP contribution in [0.1, 0.15) is 5.56 Å². The molecular weight excluding hydrogens is 553 g/mol. The Bertz CT molecular complexity index is 1420. The van der Waals surface area contributed by atoms with Gasteiger partial charge < -0.3 is 19.8 Å². The Kier molecular flexibility index (Phi) is 6.93. The molecule has 12 heteroatoms. The van der Waals surface area contributed by atoms with E-state index in [2.05, 4.69) is 54.3 Å². The number of nitrogens with two attached hydrogens (primary N) is 1. The minimum absolute atomic E-state index is 0.0770. The molecule has 2 heterocycles. The van der Waals surface area contributed by atoms with Gasteiger partial charge in [-0.2, -0.15) is 5.10 Å². The Labute approximate surface area is 207 Å². The summed E-state index contributed by atoms with van der Waals surface area (Å²) in [6, 6.07) is 10.9. The van der Waals surface area contributed by atoms with Crippen LogP contribution in [0.25, 0.3) is 22.6 Å². The highest BCUT2D eigenvalue weighted by Gasteiger charge is 2.20. The van der Waals surface area contributed by atoms with E-state index in [-0.39, 0.29) is 30.6 Å². The molecule has 0 fully saturated rings. The van der Waals surface area contributed by atoms with Crippen LogP contribution in [0.3, 0.4) is 0 Å². The molecule has 2 aromatic carbocycles. The quantitative estimate of drug-likeness (QED) is 0.142. The van der Waals surface area contributed by atoms with E-state index in [0.717, 1.165) is 9.09 Å². The van der Waals surface area contributed by atoms with Crippen molar-refractivity contribution < 1.29 is 18.9 Å². The monoisotopic (exact) mass is 571 g/mol. The van der Waals surface area contributed by atoms with Crippen LogP contribution in [0.15, 0.2) is 46.1 Å². The number of nitrogens with zero attached hydrogens (tertiary/aromatic N) is 5. The average Bonchev–Trinajstić information content (AvgIpc) is 3.41. The van der Waals surface area contributed by atoms with E-state index in [9.17, 15) is 4.79 Å². The second-order valence-electron chi connectivity index (χ2n) is 6.83. The molecule has 1 amide bonds. The minimum Gasteiger partial charge on any atom is -0.493 e. The topological polar surface area (TPSA) is 143 Å². The van der Waals surface area contributed by atoms with Gasteiger partial charge >= 0.3 is 0 Å². The maximum atomic E-state index is 12.7. The number of halogens is 1. The predicted molar refractivity (Wildman–Crippen MR) is 133 cm³/mol. The number of rotatable bonds is 8. The number of hydrogen-bond acceptors (Lipinski definition) is 9. The number of carbonyl (C=O) groups is 1. The van der Waals surface area contributed by atoms with Crippen molar-refractivity contribution >= 4 is 51.6 Å². The summed E-state index contributed by atoms with van der Waals surface area (Å²) in [4.78, 5) is 17.2. The molecule has 11 nitrogen and oxygen atoms in total. The first-order valence-electron chi connectivity index (χ1n) is 9.81. The Morgan fingerprint density at radius 2 is 2.21 bits per heavy atom. The Hall–Kier alpha value is -4.12. The second-order valence-corrected chi connectivity index (χ2v) is 7.99. The Morgan fingerprint density at radius 1 is 1.38 bits per heavy atom. The van der Waals surface area contributed by atoms with E-state index >= 15 is 0 Å². The molecule has 2 aromatic heterocycles. The molecule has 0 radical (unpaired) electrons. The van der Waals surface area contributed by atoms with Crippen molar-refractivity contribution in [2.75, 3.05) is 19.5 Å². The van der Waals surface area contributed by atoms with Gasteiger partial charge in [0.25, 0.3) is 5.91 Å². The molecule has 0 aliphatic rings. The van der Waals surface area contributed by atoms with Gasteiger partial charge in [-0.3, -0.25) is 4.79 Å². The highest BCUT2D eigenvalue weighted by molar-refractivity contribution is 14.1. The fourth-order valence-electron chi connectivity index (χ4n) is 3.19. The van der Waals surface area contributed by atoms with E-state index in [1.54, 1.807) is 10.6 Å². The molecule has 0 atom stereocenters. The number of amides is 1. The van der Waals surface area contributed by atoms with Crippen molar-refractivity contribution in [2.45, 2.75) is 6.54 Å². The molecule has 0 bridgehead atoms. The zero-order chi connectivity index (χ0) is 24.1. The van der Waals surface area contributed by atoms with Crippen LogP contribution in [0.2, 0.25) is 0 Å². The summed E-state index contributed by atoms with van der Waals surface area (Å²) in [6.07, 6.45) is 6.76. The number of fused-ring (bicyclic) bond motifs is 1. The predicted octanol–water partition coefficient (Wildman–Crippen LogP) is 2.44. The summed E-state index contributed by atoms with van der Waals surface area (Å²) < 4.78 is 18.1. The molecule has 0 spiro atoms. The molecule has 4 aromatic rings. The van der Waals surface area contributed by atoms with Crippen molar-refractivity contribution in [3.63, 3.8) is 0 Å². The van der Waals surface area contributed by atoms with E-state index in [1.165, 1.54) is 13.3 Å². The number of aromatic nitrogens is 4. The summed E-state index contributed by atoms with van der Waals surface area (Å²) in [5, 5.41) is 11.5. The standard InChI is InChI=1S/C22H18IN7O4/c1-3-8-33-20-14(23)9-13(10-17(20)32-2)11-25-27-18(31)12-30-16-7-5-4-6-15(16)26-22(30)19-21(24)29-34-28-19/h1,4-7,9-11H,8,12H2,2H3,(H2,24,29)(H,27,31)/b25-11+. The third-order valence-electron chi connectivity index (χ3n) is 4.64. The fraction of sp³-hybridized carbons (Fsp3) is 0.136. The minimum atomic E-state index is -0.383. The number of hydrogen-bond donors (Lipinski definition) is 2. The normalized spacial score (nSPS) is 11.0. The molecule has 0 unspecified atom stereocenters. The third-order valence-corrected chi connectivity index (χ3v) is 5.44. The van der Waals surface area contributed by atoms with E-state index in [4.69, 9.17) is 26.3 Å². The van der Waals surface area contributed by atoms with Gasteiger partial charge in [0.15, 0.2) is 28.8 Å². The maximum Gasteiger partial charge on any atom is 0.260 e. The first-order chi connectivity index (χ1) is 16.5. The summed E-state index contributed by atoms with van der Waals surface area (Å²) in [6.45, 7) is 0.0377. The summed E-state index contributed by atoms with van der Waals surface area (Å²) >= 11 is 2.11. The van der Waals surface area contributed by atoms with Gasteiger partial charge in [-0.25, -0.2) is 15.0 Å². The summed E-state index contributed by atoms with van der Waals surface area (Å²) in [7, 11) is 1.53. The lowest BCUT2D eigenvalue weighted by atomic mass is 10.2. The van der Waals surface area contributed by atoms with Crippen molar-refractivity contribution in [3.8, 4) is 35.4 Å². The molecule has 0 aliphatic carbocycles. The number of benzene rings is 2. The number of terminal acetylenes is 1. The summed E-state index contributed by atoms with van der Waals surface area (Å²) in [5.74, 6) is 3.52. The number of carbonyl (C=O) groups excluding carboxylic acids is 1. The lowest BCUT2D eigenvalue weighted by molar-refractivity contribution is -0.121. The summed E-state index contributed by atoms with van der Waals surface area (Å²) in [5.41, 5.74) is 10.7. The average molecular weight is 571 g/mol. The molecule has 172 valence electrons. The van der Waals surface area contributed by atoms with Crippen molar-refractivity contribution in [2.24, 2.45) is 5.10 Å². The zero-order valence-corrected chi connectivity index (χ0v) is 20.0. The van der Waals surface area contributed by atoms with Crippen molar-refractivity contribution in [3.05, 3.63) is 45.5 Å². The van der Waals surface area contributed by atoms with Gasteiger partial charge in [0.2, 0.25) is 0 Å². The fourth-order valence-corrected chi connectivity index (χ4v) is 3.97. The Balaban J connectivity index is 1.53. The second kappa shape index (κ2) is 10.2. The lowest BCUT2D eigenvalue weighted by Crippen LogP contribution is -2.23. The SMILES string of the molecule is C#CCOc1c(I)cc(/C=N/NC(=O)Cn2c(-c3nonc3N)nc3ccccc32)cc1OC.